The Hall–Kier alpha value is -2.37. The predicted molar refractivity (Wildman–Crippen MR) is 71.3 cm³/mol. The number of carbonyl (C=O) groups is 1. The van der Waals surface area contributed by atoms with Gasteiger partial charge in [-0.25, -0.2) is 14.5 Å². The summed E-state index contributed by atoms with van der Waals surface area (Å²) in [5.74, 6) is 0.0581. The molecule has 0 saturated heterocycles. The number of esters is 1. The largest absolute Gasteiger partial charge is 0.465 e. The van der Waals surface area contributed by atoms with Crippen molar-refractivity contribution in [3.8, 4) is 5.82 Å². The minimum Gasteiger partial charge on any atom is -0.465 e. The molecule has 0 bridgehead atoms. The molecule has 0 aliphatic heterocycles. The average Bonchev–Trinajstić information content (AvgIpc) is 2.66. The van der Waals surface area contributed by atoms with Crippen molar-refractivity contribution in [3.05, 3.63) is 34.8 Å². The van der Waals surface area contributed by atoms with E-state index in [2.05, 4.69) is 10.1 Å². The summed E-state index contributed by atoms with van der Waals surface area (Å²) in [5, 5.41) is 4.40. The number of ether oxygens (including phenoxy) is 1. The standard InChI is InChI=1S/C13H16N4O2/c1-7-8(2)16-17(9(7)3)12-5-10(13(18)19-4)11(14)6-15-12/h5-6H,14H2,1-4H3. The third kappa shape index (κ3) is 2.16. The van der Waals surface area contributed by atoms with Gasteiger partial charge in [0.2, 0.25) is 0 Å². The number of methoxy groups -OCH3 is 1. The van der Waals surface area contributed by atoms with Crippen molar-refractivity contribution in [1.29, 1.82) is 0 Å². The van der Waals surface area contributed by atoms with Gasteiger partial charge in [-0.15, -0.1) is 0 Å². The summed E-state index contributed by atoms with van der Waals surface area (Å²) in [6.07, 6.45) is 1.44. The first kappa shape index (κ1) is 13.1. The number of aromatic nitrogens is 3. The van der Waals surface area contributed by atoms with E-state index < -0.39 is 5.97 Å². The van der Waals surface area contributed by atoms with Crippen LogP contribution < -0.4 is 5.73 Å². The first-order chi connectivity index (χ1) is 8.95. The molecule has 0 amide bonds. The second-order valence-corrected chi connectivity index (χ2v) is 4.33. The molecule has 0 aromatic carbocycles. The van der Waals surface area contributed by atoms with E-state index in [-0.39, 0.29) is 11.3 Å². The Kier molecular flexibility index (Phi) is 3.25. The summed E-state index contributed by atoms with van der Waals surface area (Å²) in [6, 6.07) is 1.58. The van der Waals surface area contributed by atoms with Gasteiger partial charge in [0.15, 0.2) is 5.82 Å². The van der Waals surface area contributed by atoms with Crippen LogP contribution in [0.5, 0.6) is 0 Å². The molecule has 0 atom stereocenters. The number of aryl methyl sites for hydroxylation is 1. The number of nitrogen functional groups attached to an aromatic ring is 1. The zero-order chi connectivity index (χ0) is 14.2. The van der Waals surface area contributed by atoms with Crippen LogP contribution in [0.3, 0.4) is 0 Å². The van der Waals surface area contributed by atoms with Gasteiger partial charge >= 0.3 is 5.97 Å². The summed E-state index contributed by atoms with van der Waals surface area (Å²) in [6.45, 7) is 5.87. The molecule has 2 aromatic rings. The third-order valence-electron chi connectivity index (χ3n) is 3.20. The Morgan fingerprint density at radius 3 is 2.58 bits per heavy atom. The minimum absolute atomic E-state index is 0.286. The molecule has 2 rings (SSSR count). The van der Waals surface area contributed by atoms with Gasteiger partial charge in [-0.1, -0.05) is 0 Å². The first-order valence-corrected chi connectivity index (χ1v) is 5.82. The number of rotatable bonds is 2. The Balaban J connectivity index is 2.57. The molecule has 0 radical (unpaired) electrons. The highest BCUT2D eigenvalue weighted by Gasteiger charge is 2.15. The molecule has 0 aliphatic rings. The van der Waals surface area contributed by atoms with Gasteiger partial charge in [-0.2, -0.15) is 5.10 Å². The summed E-state index contributed by atoms with van der Waals surface area (Å²) >= 11 is 0. The van der Waals surface area contributed by atoms with E-state index in [1.165, 1.54) is 13.3 Å². The number of carbonyl (C=O) groups excluding carboxylic acids is 1. The maximum Gasteiger partial charge on any atom is 0.340 e. The molecule has 2 aromatic heterocycles. The third-order valence-corrected chi connectivity index (χ3v) is 3.20. The van der Waals surface area contributed by atoms with Crippen LogP contribution in [-0.4, -0.2) is 27.8 Å². The number of pyridine rings is 1. The molecule has 100 valence electrons. The monoisotopic (exact) mass is 260 g/mol. The highest BCUT2D eigenvalue weighted by Crippen LogP contribution is 2.19. The smallest absolute Gasteiger partial charge is 0.340 e. The second-order valence-electron chi connectivity index (χ2n) is 4.33. The molecular formula is C13H16N4O2. The molecule has 0 aliphatic carbocycles. The van der Waals surface area contributed by atoms with Crippen molar-refractivity contribution in [2.45, 2.75) is 20.8 Å². The fourth-order valence-electron chi connectivity index (χ4n) is 1.80. The van der Waals surface area contributed by atoms with Crippen molar-refractivity contribution in [2.24, 2.45) is 0 Å². The molecule has 0 spiro atoms. The Labute approximate surface area is 111 Å². The first-order valence-electron chi connectivity index (χ1n) is 5.82. The highest BCUT2D eigenvalue weighted by atomic mass is 16.5. The molecule has 6 heteroatoms. The van der Waals surface area contributed by atoms with Crippen LogP contribution in [0.15, 0.2) is 12.3 Å². The number of hydrogen-bond acceptors (Lipinski definition) is 5. The van der Waals surface area contributed by atoms with Crippen molar-refractivity contribution >= 4 is 11.7 Å². The van der Waals surface area contributed by atoms with Gasteiger partial charge < -0.3 is 10.5 Å². The predicted octanol–water partition coefficient (Wildman–Crippen LogP) is 1.56. The second kappa shape index (κ2) is 4.72. The van der Waals surface area contributed by atoms with Crippen LogP contribution in [0.1, 0.15) is 27.3 Å². The van der Waals surface area contributed by atoms with Crippen molar-refractivity contribution in [1.82, 2.24) is 14.8 Å². The van der Waals surface area contributed by atoms with Crippen LogP contribution in [0.2, 0.25) is 0 Å². The molecule has 0 saturated carbocycles. The van der Waals surface area contributed by atoms with Crippen molar-refractivity contribution < 1.29 is 9.53 Å². The van der Waals surface area contributed by atoms with Crippen molar-refractivity contribution in [2.75, 3.05) is 12.8 Å². The average molecular weight is 260 g/mol. The lowest BCUT2D eigenvalue weighted by Crippen LogP contribution is -2.10. The molecule has 2 N–H and O–H groups in total. The molecular weight excluding hydrogens is 244 g/mol. The van der Waals surface area contributed by atoms with E-state index in [1.807, 2.05) is 20.8 Å². The maximum absolute atomic E-state index is 11.6. The molecule has 2 heterocycles. The van der Waals surface area contributed by atoms with Gasteiger partial charge in [0.05, 0.1) is 30.3 Å². The van der Waals surface area contributed by atoms with E-state index >= 15 is 0 Å². The van der Waals surface area contributed by atoms with Gasteiger partial charge in [0, 0.05) is 5.69 Å². The molecule has 19 heavy (non-hydrogen) atoms. The number of hydrogen-bond donors (Lipinski definition) is 1. The summed E-state index contributed by atoms with van der Waals surface area (Å²) in [7, 11) is 1.31. The lowest BCUT2D eigenvalue weighted by molar-refractivity contribution is 0.0602. The van der Waals surface area contributed by atoms with E-state index in [0.29, 0.717) is 5.82 Å². The SMILES string of the molecule is COC(=O)c1cc(-n2nc(C)c(C)c2C)ncc1N. The Morgan fingerprint density at radius 1 is 1.37 bits per heavy atom. The maximum atomic E-state index is 11.6. The topological polar surface area (TPSA) is 83.0 Å². The molecule has 0 fully saturated rings. The molecule has 6 nitrogen and oxygen atoms in total. The van der Waals surface area contributed by atoms with E-state index in [1.54, 1.807) is 10.7 Å². The normalized spacial score (nSPS) is 10.5. The van der Waals surface area contributed by atoms with Crippen LogP contribution in [0.4, 0.5) is 5.69 Å². The fourth-order valence-corrected chi connectivity index (χ4v) is 1.80. The highest BCUT2D eigenvalue weighted by molar-refractivity contribution is 5.95. The van der Waals surface area contributed by atoms with E-state index in [0.717, 1.165) is 17.0 Å². The number of nitrogens with two attached hydrogens (primary N) is 1. The van der Waals surface area contributed by atoms with E-state index in [4.69, 9.17) is 10.5 Å². The van der Waals surface area contributed by atoms with Crippen molar-refractivity contribution in [3.63, 3.8) is 0 Å². The number of anilines is 1. The van der Waals surface area contributed by atoms with Gasteiger partial charge in [0.1, 0.15) is 0 Å². The quantitative estimate of drug-likeness (QED) is 0.828. The number of nitrogens with zero attached hydrogens (tertiary/aromatic N) is 3. The van der Waals surface area contributed by atoms with E-state index in [9.17, 15) is 4.79 Å². The van der Waals surface area contributed by atoms with Crippen LogP contribution in [-0.2, 0) is 4.74 Å². The van der Waals surface area contributed by atoms with Crippen LogP contribution >= 0.6 is 0 Å². The summed E-state index contributed by atoms with van der Waals surface area (Å²) < 4.78 is 6.38. The lowest BCUT2D eigenvalue weighted by atomic mass is 10.2. The summed E-state index contributed by atoms with van der Waals surface area (Å²) in [5.41, 5.74) is 9.30. The Bertz CT molecular complexity index is 646. The summed E-state index contributed by atoms with van der Waals surface area (Å²) in [4.78, 5) is 15.8. The fraction of sp³-hybridized carbons (Fsp3) is 0.308. The zero-order valence-corrected chi connectivity index (χ0v) is 11.4. The zero-order valence-electron chi connectivity index (χ0n) is 11.4. The lowest BCUT2D eigenvalue weighted by Gasteiger charge is -2.07. The van der Waals surface area contributed by atoms with Crippen LogP contribution in [0.25, 0.3) is 5.82 Å². The van der Waals surface area contributed by atoms with Gasteiger partial charge in [-0.05, 0) is 32.4 Å². The van der Waals surface area contributed by atoms with Gasteiger partial charge in [-0.3, -0.25) is 0 Å². The van der Waals surface area contributed by atoms with Gasteiger partial charge in [0.25, 0.3) is 0 Å². The van der Waals surface area contributed by atoms with Crippen LogP contribution in [0, 0.1) is 20.8 Å². The minimum atomic E-state index is -0.487. The Morgan fingerprint density at radius 2 is 2.05 bits per heavy atom. The molecule has 0 unspecified atom stereocenters.